The van der Waals surface area contributed by atoms with Crippen molar-refractivity contribution in [3.63, 3.8) is 0 Å². The highest BCUT2D eigenvalue weighted by atomic mass is 32.2. The normalized spacial score (nSPS) is 22.2. The van der Waals surface area contributed by atoms with Gasteiger partial charge in [-0.05, 0) is 43.4 Å². The lowest BCUT2D eigenvalue weighted by atomic mass is 10.1. The Kier molecular flexibility index (Phi) is 4.87. The van der Waals surface area contributed by atoms with Crippen LogP contribution < -0.4 is 14.4 Å². The van der Waals surface area contributed by atoms with Gasteiger partial charge < -0.3 is 9.64 Å². The molecule has 2 aliphatic heterocycles. The third-order valence-corrected chi connectivity index (χ3v) is 6.58. The van der Waals surface area contributed by atoms with Crippen molar-refractivity contribution in [2.24, 2.45) is 0 Å². The molecule has 2 aromatic carbocycles. The summed E-state index contributed by atoms with van der Waals surface area (Å²) in [6, 6.07) is 15.0. The predicted octanol–water partition coefficient (Wildman–Crippen LogP) is 2.96. The number of nitrogens with one attached hydrogen (secondary N) is 1. The van der Waals surface area contributed by atoms with Gasteiger partial charge in [-0.1, -0.05) is 30.3 Å². The zero-order chi connectivity index (χ0) is 18.0. The van der Waals surface area contributed by atoms with Crippen molar-refractivity contribution in [2.75, 3.05) is 24.6 Å². The fraction of sp³-hybridized carbons (Fsp3) is 0.400. The molecular weight excluding hydrogens is 348 g/mol. The van der Waals surface area contributed by atoms with E-state index < -0.39 is 10.0 Å². The Labute approximate surface area is 155 Å². The quantitative estimate of drug-likeness (QED) is 0.900. The molecule has 4 rings (SSSR count). The summed E-state index contributed by atoms with van der Waals surface area (Å²) in [5.41, 5.74) is 2.13. The van der Waals surface area contributed by atoms with E-state index in [9.17, 15) is 8.42 Å². The monoisotopic (exact) mass is 372 g/mol. The smallest absolute Gasteiger partial charge is 0.244 e. The van der Waals surface area contributed by atoms with Crippen LogP contribution in [0.2, 0.25) is 0 Å². The van der Waals surface area contributed by atoms with Crippen molar-refractivity contribution in [2.45, 2.75) is 36.6 Å². The van der Waals surface area contributed by atoms with Crippen LogP contribution in [-0.4, -0.2) is 34.2 Å². The molecular formula is C20H24N2O3S. The first kappa shape index (κ1) is 17.4. The van der Waals surface area contributed by atoms with Crippen molar-refractivity contribution >= 4 is 15.7 Å². The van der Waals surface area contributed by atoms with Gasteiger partial charge in [-0.15, -0.1) is 0 Å². The number of anilines is 1. The van der Waals surface area contributed by atoms with Crippen molar-refractivity contribution < 1.29 is 13.2 Å². The van der Waals surface area contributed by atoms with Gasteiger partial charge in [0.05, 0.1) is 6.04 Å². The van der Waals surface area contributed by atoms with Crippen molar-refractivity contribution in [1.82, 2.24) is 4.72 Å². The molecule has 0 spiro atoms. The zero-order valence-corrected chi connectivity index (χ0v) is 15.5. The summed E-state index contributed by atoms with van der Waals surface area (Å²) < 4.78 is 34.3. The van der Waals surface area contributed by atoms with Crippen LogP contribution in [-0.2, 0) is 16.4 Å². The van der Waals surface area contributed by atoms with E-state index in [2.05, 4.69) is 9.62 Å². The van der Waals surface area contributed by atoms with E-state index in [-0.39, 0.29) is 10.9 Å². The van der Waals surface area contributed by atoms with Crippen LogP contribution in [0.15, 0.2) is 53.4 Å². The van der Waals surface area contributed by atoms with E-state index >= 15 is 0 Å². The summed E-state index contributed by atoms with van der Waals surface area (Å²) in [5.74, 6) is 0.455. The molecule has 0 aromatic heterocycles. The van der Waals surface area contributed by atoms with Crippen LogP contribution in [0.5, 0.6) is 5.75 Å². The number of fused-ring (bicyclic) bond motifs is 1. The number of piperidine rings is 1. The molecule has 2 heterocycles. The highest BCUT2D eigenvalue weighted by Gasteiger charge is 2.29. The van der Waals surface area contributed by atoms with Gasteiger partial charge in [0, 0.05) is 24.8 Å². The van der Waals surface area contributed by atoms with Gasteiger partial charge in [-0.25, -0.2) is 13.1 Å². The first-order valence-electron chi connectivity index (χ1n) is 9.20. The van der Waals surface area contributed by atoms with Crippen LogP contribution >= 0.6 is 0 Å². The number of hydrogen-bond acceptors (Lipinski definition) is 4. The average molecular weight is 372 g/mol. The summed E-state index contributed by atoms with van der Waals surface area (Å²) in [6.45, 7) is 2.35. The molecule has 1 fully saturated rings. The predicted molar refractivity (Wildman–Crippen MR) is 102 cm³/mol. The molecule has 2 aromatic rings. The lowest BCUT2D eigenvalue weighted by molar-refractivity contribution is 0.279. The molecule has 1 N–H and O–H groups in total. The molecule has 1 unspecified atom stereocenters. The SMILES string of the molecule is O=S1(=O)NC(Cc2ccccc2)COc2cc(N3CCCCC3)ccc21. The molecule has 0 bridgehead atoms. The third kappa shape index (κ3) is 3.71. The largest absolute Gasteiger partial charge is 0.490 e. The van der Waals surface area contributed by atoms with Gasteiger partial charge in [0.25, 0.3) is 0 Å². The van der Waals surface area contributed by atoms with Crippen LogP contribution in [0.3, 0.4) is 0 Å². The van der Waals surface area contributed by atoms with E-state index in [1.165, 1.54) is 19.3 Å². The highest BCUT2D eigenvalue weighted by Crippen LogP contribution is 2.32. The van der Waals surface area contributed by atoms with Crippen LogP contribution in [0.4, 0.5) is 5.69 Å². The second kappa shape index (κ2) is 7.29. The van der Waals surface area contributed by atoms with E-state index in [1.807, 2.05) is 42.5 Å². The Morgan fingerprint density at radius 1 is 1.04 bits per heavy atom. The summed E-state index contributed by atoms with van der Waals surface area (Å²) >= 11 is 0. The second-order valence-electron chi connectivity index (χ2n) is 7.00. The fourth-order valence-electron chi connectivity index (χ4n) is 3.69. The van der Waals surface area contributed by atoms with E-state index in [1.54, 1.807) is 6.07 Å². The molecule has 0 aliphatic carbocycles. The maximum atomic E-state index is 12.8. The minimum absolute atomic E-state index is 0.230. The molecule has 0 amide bonds. The van der Waals surface area contributed by atoms with E-state index in [4.69, 9.17) is 4.74 Å². The molecule has 0 saturated carbocycles. The van der Waals surface area contributed by atoms with Gasteiger partial charge in [-0.2, -0.15) is 0 Å². The molecule has 2 aliphatic rings. The van der Waals surface area contributed by atoms with E-state index in [0.717, 1.165) is 24.3 Å². The molecule has 1 saturated heterocycles. The lowest BCUT2D eigenvalue weighted by Crippen LogP contribution is -2.38. The number of ether oxygens (including phenoxy) is 1. The maximum absolute atomic E-state index is 12.8. The average Bonchev–Trinajstić information content (AvgIpc) is 2.79. The first-order valence-corrected chi connectivity index (χ1v) is 10.7. The number of hydrogen-bond donors (Lipinski definition) is 1. The molecule has 26 heavy (non-hydrogen) atoms. The lowest BCUT2D eigenvalue weighted by Gasteiger charge is -2.29. The standard InChI is InChI=1S/C20H24N2O3S/c23-26(24)20-10-9-18(22-11-5-2-6-12-22)14-19(20)25-15-17(21-26)13-16-7-3-1-4-8-16/h1,3-4,7-10,14,17,21H,2,5-6,11-13,15H2. The molecule has 0 radical (unpaired) electrons. The van der Waals surface area contributed by atoms with E-state index in [0.29, 0.717) is 18.8 Å². The van der Waals surface area contributed by atoms with Gasteiger partial charge in [-0.3, -0.25) is 0 Å². The third-order valence-electron chi connectivity index (χ3n) is 5.02. The van der Waals surface area contributed by atoms with Crippen LogP contribution in [0.25, 0.3) is 0 Å². The zero-order valence-electron chi connectivity index (χ0n) is 14.7. The van der Waals surface area contributed by atoms with Gasteiger partial charge in [0.15, 0.2) is 0 Å². The number of nitrogens with zero attached hydrogens (tertiary/aromatic N) is 1. The summed E-state index contributed by atoms with van der Waals surface area (Å²) in [5, 5.41) is 0. The Balaban J connectivity index is 1.57. The van der Waals surface area contributed by atoms with Gasteiger partial charge >= 0.3 is 0 Å². The summed E-state index contributed by atoms with van der Waals surface area (Å²) in [6.07, 6.45) is 4.22. The Hall–Kier alpha value is -2.05. The first-order chi connectivity index (χ1) is 12.6. The second-order valence-corrected chi connectivity index (χ2v) is 8.68. The van der Waals surface area contributed by atoms with Gasteiger partial charge in [0.1, 0.15) is 17.3 Å². The summed E-state index contributed by atoms with van der Waals surface area (Å²) in [7, 11) is -3.59. The maximum Gasteiger partial charge on any atom is 0.244 e. The Morgan fingerprint density at radius 3 is 2.58 bits per heavy atom. The minimum atomic E-state index is -3.59. The number of sulfonamides is 1. The molecule has 138 valence electrons. The highest BCUT2D eigenvalue weighted by molar-refractivity contribution is 7.89. The number of benzene rings is 2. The van der Waals surface area contributed by atoms with Crippen molar-refractivity contribution in [3.8, 4) is 5.75 Å². The topological polar surface area (TPSA) is 58.6 Å². The molecule has 5 nitrogen and oxygen atoms in total. The van der Waals surface area contributed by atoms with Gasteiger partial charge in [0.2, 0.25) is 10.0 Å². The summed E-state index contributed by atoms with van der Waals surface area (Å²) in [4.78, 5) is 2.54. The fourth-order valence-corrected chi connectivity index (χ4v) is 5.03. The number of rotatable bonds is 3. The van der Waals surface area contributed by atoms with Crippen LogP contribution in [0, 0.1) is 0 Å². The molecule has 1 atom stereocenters. The minimum Gasteiger partial charge on any atom is -0.490 e. The van der Waals surface area contributed by atoms with Crippen LogP contribution in [0.1, 0.15) is 24.8 Å². The molecule has 6 heteroatoms. The Morgan fingerprint density at radius 2 is 1.81 bits per heavy atom. The van der Waals surface area contributed by atoms with Crippen molar-refractivity contribution in [3.05, 3.63) is 54.1 Å². The van der Waals surface area contributed by atoms with Crippen molar-refractivity contribution in [1.29, 1.82) is 0 Å². The Bertz CT molecular complexity index is 862.